The van der Waals surface area contributed by atoms with Crippen LogP contribution < -0.4 is 0 Å². The second kappa shape index (κ2) is 13.3. The molecule has 0 unspecified atom stereocenters. The van der Waals surface area contributed by atoms with E-state index in [-0.39, 0.29) is 0 Å². The van der Waals surface area contributed by atoms with Crippen LogP contribution >= 0.6 is 0 Å². The molecule has 0 bridgehead atoms. The first kappa shape index (κ1) is 19.3. The number of hydrogen-bond donors (Lipinski definition) is 0. The second-order valence-corrected chi connectivity index (χ2v) is 6.67. The molecule has 20 heavy (non-hydrogen) atoms. The summed E-state index contributed by atoms with van der Waals surface area (Å²) in [5.41, 5.74) is 1.19. The zero-order chi connectivity index (χ0) is 15.2. The van der Waals surface area contributed by atoms with Crippen molar-refractivity contribution in [2.45, 2.75) is 85.5 Å². The van der Waals surface area contributed by atoms with Gasteiger partial charge in [-0.05, 0) is 37.5 Å². The highest BCUT2D eigenvalue weighted by Crippen LogP contribution is 2.16. The second-order valence-electron chi connectivity index (χ2n) is 6.67. The van der Waals surface area contributed by atoms with Crippen LogP contribution in [0.15, 0.2) is 22.0 Å². The normalized spacial score (nSPS) is 13.1. The third-order valence-corrected chi connectivity index (χ3v) is 3.56. The summed E-state index contributed by atoms with van der Waals surface area (Å²) in [6.45, 7) is 9.17. The molecule has 118 valence electrons. The SMILES string of the molecule is CN=N/C(=C\CCCCCCC(C)C)CCCC(C)C. The Morgan fingerprint density at radius 1 is 0.850 bits per heavy atom. The molecule has 2 heteroatoms. The van der Waals surface area contributed by atoms with Gasteiger partial charge in [0.25, 0.3) is 0 Å². The van der Waals surface area contributed by atoms with E-state index in [0.717, 1.165) is 24.7 Å². The first-order chi connectivity index (χ1) is 9.56. The topological polar surface area (TPSA) is 24.7 Å². The van der Waals surface area contributed by atoms with Crippen LogP contribution in [0.2, 0.25) is 0 Å². The van der Waals surface area contributed by atoms with Crippen molar-refractivity contribution in [2.24, 2.45) is 22.1 Å². The molecule has 0 aromatic rings. The van der Waals surface area contributed by atoms with Crippen molar-refractivity contribution < 1.29 is 0 Å². The van der Waals surface area contributed by atoms with E-state index in [4.69, 9.17) is 0 Å². The van der Waals surface area contributed by atoms with Crippen molar-refractivity contribution in [2.75, 3.05) is 7.05 Å². The number of nitrogens with zero attached hydrogens (tertiary/aromatic N) is 2. The van der Waals surface area contributed by atoms with Crippen molar-refractivity contribution in [3.8, 4) is 0 Å². The lowest BCUT2D eigenvalue weighted by Crippen LogP contribution is -1.89. The van der Waals surface area contributed by atoms with E-state index >= 15 is 0 Å². The van der Waals surface area contributed by atoms with Crippen LogP contribution in [-0.2, 0) is 0 Å². The average Bonchev–Trinajstić information content (AvgIpc) is 2.36. The van der Waals surface area contributed by atoms with Crippen molar-refractivity contribution in [3.05, 3.63) is 11.8 Å². The van der Waals surface area contributed by atoms with Crippen molar-refractivity contribution in [1.29, 1.82) is 0 Å². The molecule has 0 aromatic heterocycles. The quantitative estimate of drug-likeness (QED) is 0.278. The Hall–Kier alpha value is -0.660. The van der Waals surface area contributed by atoms with Gasteiger partial charge in [-0.2, -0.15) is 10.2 Å². The highest BCUT2D eigenvalue weighted by Gasteiger charge is 1.99. The summed E-state index contributed by atoms with van der Waals surface area (Å²) in [5, 5.41) is 8.20. The summed E-state index contributed by atoms with van der Waals surface area (Å²) in [7, 11) is 1.77. The van der Waals surface area contributed by atoms with Gasteiger partial charge in [0.2, 0.25) is 0 Å². The van der Waals surface area contributed by atoms with Crippen molar-refractivity contribution >= 4 is 0 Å². The van der Waals surface area contributed by atoms with Gasteiger partial charge in [-0.15, -0.1) is 0 Å². The summed E-state index contributed by atoms with van der Waals surface area (Å²) < 4.78 is 0. The van der Waals surface area contributed by atoms with Gasteiger partial charge in [-0.25, -0.2) is 0 Å². The largest absolute Gasteiger partial charge is 0.192 e. The zero-order valence-electron chi connectivity index (χ0n) is 14.5. The Morgan fingerprint density at radius 2 is 1.45 bits per heavy atom. The minimum Gasteiger partial charge on any atom is -0.192 e. The van der Waals surface area contributed by atoms with Crippen LogP contribution in [0.1, 0.15) is 85.5 Å². The molecular weight excluding hydrogens is 244 g/mol. The molecular formula is C18H36N2. The first-order valence-corrected chi connectivity index (χ1v) is 8.55. The predicted octanol–water partition coefficient (Wildman–Crippen LogP) is 6.78. The molecule has 0 aliphatic rings. The Morgan fingerprint density at radius 3 is 2.05 bits per heavy atom. The number of allylic oxidation sites excluding steroid dienone is 2. The fraction of sp³-hybridized carbons (Fsp3) is 0.889. The lowest BCUT2D eigenvalue weighted by molar-refractivity contribution is 0.520. The van der Waals surface area contributed by atoms with E-state index in [9.17, 15) is 0 Å². The fourth-order valence-electron chi connectivity index (χ4n) is 2.33. The summed E-state index contributed by atoms with van der Waals surface area (Å²) >= 11 is 0. The molecule has 0 N–H and O–H groups in total. The highest BCUT2D eigenvalue weighted by atomic mass is 15.1. The van der Waals surface area contributed by atoms with Crippen LogP contribution in [0, 0.1) is 11.8 Å². The Kier molecular flexibility index (Phi) is 12.9. The minimum absolute atomic E-state index is 0.788. The molecule has 0 saturated carbocycles. The molecule has 0 fully saturated rings. The van der Waals surface area contributed by atoms with Crippen LogP contribution in [0.5, 0.6) is 0 Å². The smallest absolute Gasteiger partial charge is 0.0586 e. The van der Waals surface area contributed by atoms with Crippen molar-refractivity contribution in [3.63, 3.8) is 0 Å². The molecule has 0 rings (SSSR count). The third kappa shape index (κ3) is 13.8. The molecule has 0 aromatic carbocycles. The van der Waals surface area contributed by atoms with Gasteiger partial charge in [-0.3, -0.25) is 0 Å². The first-order valence-electron chi connectivity index (χ1n) is 8.55. The van der Waals surface area contributed by atoms with E-state index in [1.807, 2.05) is 0 Å². The standard InChI is InChI=1S/C18H36N2/c1-16(2)12-9-7-6-8-10-14-18(20-19-5)15-11-13-17(3)4/h14,16-17H,6-13,15H2,1-5H3/b18-14-,20-19?. The third-order valence-electron chi connectivity index (χ3n) is 3.56. The number of hydrogen-bond acceptors (Lipinski definition) is 2. The van der Waals surface area contributed by atoms with E-state index in [1.54, 1.807) is 7.05 Å². The molecule has 0 aliphatic carbocycles. The van der Waals surface area contributed by atoms with Gasteiger partial charge in [0.1, 0.15) is 0 Å². The molecule has 2 nitrogen and oxygen atoms in total. The number of rotatable bonds is 12. The van der Waals surface area contributed by atoms with Gasteiger partial charge in [-0.1, -0.05) is 65.9 Å². The molecule has 0 amide bonds. The van der Waals surface area contributed by atoms with Gasteiger partial charge < -0.3 is 0 Å². The van der Waals surface area contributed by atoms with Gasteiger partial charge in [0.15, 0.2) is 0 Å². The summed E-state index contributed by atoms with van der Waals surface area (Å²) in [6, 6.07) is 0. The van der Waals surface area contributed by atoms with E-state index in [0.29, 0.717) is 0 Å². The molecule has 0 saturated heterocycles. The Bertz CT molecular complexity index is 265. The monoisotopic (exact) mass is 280 g/mol. The average molecular weight is 280 g/mol. The number of azo groups is 1. The highest BCUT2D eigenvalue weighted by molar-refractivity contribution is 4.98. The van der Waals surface area contributed by atoms with E-state index < -0.39 is 0 Å². The Labute approximate surface area is 127 Å². The molecule has 0 atom stereocenters. The molecule has 0 radical (unpaired) electrons. The summed E-state index contributed by atoms with van der Waals surface area (Å²) in [5.74, 6) is 1.64. The predicted molar refractivity (Wildman–Crippen MR) is 90.1 cm³/mol. The maximum atomic E-state index is 4.26. The fourth-order valence-corrected chi connectivity index (χ4v) is 2.33. The van der Waals surface area contributed by atoms with Gasteiger partial charge in [0.05, 0.1) is 5.70 Å². The maximum Gasteiger partial charge on any atom is 0.0586 e. The van der Waals surface area contributed by atoms with Gasteiger partial charge >= 0.3 is 0 Å². The summed E-state index contributed by atoms with van der Waals surface area (Å²) in [4.78, 5) is 0. The molecule has 0 heterocycles. The maximum absolute atomic E-state index is 4.26. The van der Waals surface area contributed by atoms with Gasteiger partial charge in [0, 0.05) is 7.05 Å². The minimum atomic E-state index is 0.788. The molecule has 0 spiro atoms. The van der Waals surface area contributed by atoms with Crippen LogP contribution in [-0.4, -0.2) is 7.05 Å². The van der Waals surface area contributed by atoms with E-state index in [2.05, 4.69) is 44.0 Å². The van der Waals surface area contributed by atoms with E-state index in [1.165, 1.54) is 50.6 Å². The Balaban J connectivity index is 3.74. The lowest BCUT2D eigenvalue weighted by atomic mass is 10.0. The van der Waals surface area contributed by atoms with Crippen LogP contribution in [0.3, 0.4) is 0 Å². The van der Waals surface area contributed by atoms with Crippen molar-refractivity contribution in [1.82, 2.24) is 0 Å². The summed E-state index contributed by atoms with van der Waals surface area (Å²) in [6.07, 6.45) is 13.9. The lowest BCUT2D eigenvalue weighted by Gasteiger charge is -2.05. The van der Waals surface area contributed by atoms with Crippen LogP contribution in [0.4, 0.5) is 0 Å². The van der Waals surface area contributed by atoms with Crippen LogP contribution in [0.25, 0.3) is 0 Å². The number of unbranched alkanes of at least 4 members (excludes halogenated alkanes) is 4. The zero-order valence-corrected chi connectivity index (χ0v) is 14.5. The molecule has 0 aliphatic heterocycles.